The molecule has 1 heterocycles. The fourth-order valence-corrected chi connectivity index (χ4v) is 2.17. The van der Waals surface area contributed by atoms with Crippen molar-refractivity contribution in [3.05, 3.63) is 34.6 Å². The minimum atomic E-state index is -0.300. The van der Waals surface area contributed by atoms with Crippen LogP contribution in [0.5, 0.6) is 0 Å². The Kier molecular flexibility index (Phi) is 3.56. The zero-order valence-corrected chi connectivity index (χ0v) is 9.63. The molecule has 0 radical (unpaired) electrons. The number of rotatable bonds is 2. The molecule has 86 valence electrons. The number of halogens is 2. The molecule has 1 aliphatic heterocycles. The van der Waals surface area contributed by atoms with Gasteiger partial charge in [-0.3, -0.25) is 9.69 Å². The summed E-state index contributed by atoms with van der Waals surface area (Å²) in [5.74, 6) is -0.0794. The van der Waals surface area contributed by atoms with Gasteiger partial charge >= 0.3 is 0 Å². The molecule has 0 saturated carbocycles. The topological polar surface area (TPSA) is 20.3 Å². The normalized spacial score (nSPS) is 17.8. The van der Waals surface area contributed by atoms with Crippen LogP contribution in [0.25, 0.3) is 0 Å². The van der Waals surface area contributed by atoms with Crippen LogP contribution in [-0.2, 0) is 11.3 Å². The molecule has 0 aliphatic carbocycles. The van der Waals surface area contributed by atoms with Gasteiger partial charge in [0.1, 0.15) is 11.6 Å². The van der Waals surface area contributed by atoms with Crippen molar-refractivity contribution in [3.63, 3.8) is 0 Å². The molecule has 16 heavy (non-hydrogen) atoms. The first-order valence-corrected chi connectivity index (χ1v) is 5.71. The zero-order chi connectivity index (χ0) is 11.5. The Morgan fingerprint density at radius 2 is 2.25 bits per heavy atom. The van der Waals surface area contributed by atoms with Crippen LogP contribution in [0.4, 0.5) is 4.39 Å². The number of Topliss-reactive ketones (excluding diaryl/α,β-unsaturated/α-hetero) is 1. The van der Waals surface area contributed by atoms with Gasteiger partial charge in [0.15, 0.2) is 0 Å². The van der Waals surface area contributed by atoms with Crippen molar-refractivity contribution in [1.82, 2.24) is 4.90 Å². The Morgan fingerprint density at radius 3 is 2.94 bits per heavy atom. The van der Waals surface area contributed by atoms with E-state index in [4.69, 9.17) is 11.6 Å². The molecule has 1 aromatic rings. The lowest BCUT2D eigenvalue weighted by atomic mass is 10.1. The van der Waals surface area contributed by atoms with Crippen molar-refractivity contribution in [2.75, 3.05) is 13.1 Å². The van der Waals surface area contributed by atoms with Gasteiger partial charge in [-0.25, -0.2) is 4.39 Å². The predicted octanol–water partition coefficient (Wildman–Crippen LogP) is 2.64. The monoisotopic (exact) mass is 241 g/mol. The smallest absolute Gasteiger partial charge is 0.146 e. The summed E-state index contributed by atoms with van der Waals surface area (Å²) in [5.41, 5.74) is 0.485. The van der Waals surface area contributed by atoms with Crippen LogP contribution in [0.1, 0.15) is 18.4 Å². The Bertz CT molecular complexity index is 388. The van der Waals surface area contributed by atoms with Gasteiger partial charge < -0.3 is 0 Å². The van der Waals surface area contributed by atoms with Crippen LogP contribution in [0.3, 0.4) is 0 Å². The summed E-state index contributed by atoms with van der Waals surface area (Å²) >= 11 is 5.93. The predicted molar refractivity (Wildman–Crippen MR) is 60.9 cm³/mol. The number of hydrogen-bond donors (Lipinski definition) is 0. The summed E-state index contributed by atoms with van der Waals surface area (Å²) < 4.78 is 13.5. The van der Waals surface area contributed by atoms with E-state index in [1.54, 1.807) is 12.1 Å². The number of piperidine rings is 1. The maximum Gasteiger partial charge on any atom is 0.146 e. The Morgan fingerprint density at radius 1 is 1.44 bits per heavy atom. The van der Waals surface area contributed by atoms with E-state index in [9.17, 15) is 9.18 Å². The summed E-state index contributed by atoms with van der Waals surface area (Å²) in [6.07, 6.45) is 1.49. The van der Waals surface area contributed by atoms with Gasteiger partial charge in [-0.2, -0.15) is 0 Å². The van der Waals surface area contributed by atoms with Crippen LogP contribution < -0.4 is 0 Å². The Hall–Kier alpha value is -0.930. The third kappa shape index (κ3) is 2.60. The summed E-state index contributed by atoms with van der Waals surface area (Å²) in [6, 6.07) is 4.65. The second-order valence-corrected chi connectivity index (χ2v) is 4.46. The molecule has 1 saturated heterocycles. The third-order valence-corrected chi connectivity index (χ3v) is 3.13. The molecule has 0 aromatic heterocycles. The lowest BCUT2D eigenvalue weighted by Crippen LogP contribution is -2.35. The molecule has 0 amide bonds. The number of benzene rings is 1. The maximum absolute atomic E-state index is 13.5. The van der Waals surface area contributed by atoms with Crippen LogP contribution >= 0.6 is 11.6 Å². The number of hydrogen-bond acceptors (Lipinski definition) is 2. The van der Waals surface area contributed by atoms with Crippen LogP contribution in [-0.4, -0.2) is 23.8 Å². The second-order valence-electron chi connectivity index (χ2n) is 4.05. The van der Waals surface area contributed by atoms with E-state index < -0.39 is 0 Å². The lowest BCUT2D eigenvalue weighted by molar-refractivity contribution is -0.122. The van der Waals surface area contributed by atoms with E-state index in [2.05, 4.69) is 0 Å². The maximum atomic E-state index is 13.5. The second kappa shape index (κ2) is 4.93. The van der Waals surface area contributed by atoms with Crippen LogP contribution in [0.15, 0.2) is 18.2 Å². The summed E-state index contributed by atoms with van der Waals surface area (Å²) in [6.45, 7) is 1.65. The van der Waals surface area contributed by atoms with Gasteiger partial charge in [-0.1, -0.05) is 17.7 Å². The highest BCUT2D eigenvalue weighted by Crippen LogP contribution is 2.21. The fourth-order valence-electron chi connectivity index (χ4n) is 1.95. The van der Waals surface area contributed by atoms with Gasteiger partial charge in [-0.15, -0.1) is 0 Å². The van der Waals surface area contributed by atoms with E-state index in [-0.39, 0.29) is 11.6 Å². The summed E-state index contributed by atoms with van der Waals surface area (Å²) in [5, 5.41) is 0.429. The molecule has 0 N–H and O–H groups in total. The molecule has 2 nitrogen and oxygen atoms in total. The fraction of sp³-hybridized carbons (Fsp3) is 0.417. The van der Waals surface area contributed by atoms with Crippen molar-refractivity contribution >= 4 is 17.4 Å². The van der Waals surface area contributed by atoms with Gasteiger partial charge in [-0.05, 0) is 25.1 Å². The highest BCUT2D eigenvalue weighted by Gasteiger charge is 2.19. The van der Waals surface area contributed by atoms with E-state index in [1.807, 2.05) is 4.90 Å². The third-order valence-electron chi connectivity index (χ3n) is 2.77. The molecule has 2 rings (SSSR count). The van der Waals surface area contributed by atoms with Gasteiger partial charge in [0.25, 0.3) is 0 Å². The van der Waals surface area contributed by atoms with Crippen LogP contribution in [0, 0.1) is 5.82 Å². The van der Waals surface area contributed by atoms with E-state index in [0.717, 1.165) is 13.0 Å². The summed E-state index contributed by atoms with van der Waals surface area (Å²) in [7, 11) is 0. The minimum absolute atomic E-state index is 0.221. The van der Waals surface area contributed by atoms with Crippen molar-refractivity contribution in [2.24, 2.45) is 0 Å². The molecule has 1 aliphatic rings. The highest BCUT2D eigenvalue weighted by atomic mass is 35.5. The number of carbonyl (C=O) groups is 1. The first kappa shape index (κ1) is 11.6. The number of nitrogens with zero attached hydrogens (tertiary/aromatic N) is 1. The zero-order valence-electron chi connectivity index (χ0n) is 8.88. The minimum Gasteiger partial charge on any atom is -0.298 e. The molecule has 1 aromatic carbocycles. The molecule has 0 atom stereocenters. The standard InChI is InChI=1S/C12H13ClFNO/c13-11-4-1-5-12(14)10(11)8-15-6-2-3-9(16)7-15/h1,4-5H,2-3,6-8H2. The molecular formula is C12H13ClFNO. The van der Waals surface area contributed by atoms with E-state index in [0.29, 0.717) is 30.1 Å². The Labute approximate surface area is 99.0 Å². The lowest BCUT2D eigenvalue weighted by Gasteiger charge is -2.25. The molecule has 1 fully saturated rings. The van der Waals surface area contributed by atoms with Crippen molar-refractivity contribution in [2.45, 2.75) is 19.4 Å². The number of carbonyl (C=O) groups excluding carboxylic acids is 1. The molecular weight excluding hydrogens is 229 g/mol. The average molecular weight is 242 g/mol. The van der Waals surface area contributed by atoms with Crippen molar-refractivity contribution in [1.29, 1.82) is 0 Å². The van der Waals surface area contributed by atoms with E-state index >= 15 is 0 Å². The van der Waals surface area contributed by atoms with Crippen molar-refractivity contribution in [3.8, 4) is 0 Å². The van der Waals surface area contributed by atoms with E-state index in [1.165, 1.54) is 6.07 Å². The first-order valence-electron chi connectivity index (χ1n) is 5.34. The average Bonchev–Trinajstić information content (AvgIpc) is 2.24. The van der Waals surface area contributed by atoms with Crippen LogP contribution in [0.2, 0.25) is 5.02 Å². The molecule has 0 bridgehead atoms. The molecule has 4 heteroatoms. The SMILES string of the molecule is O=C1CCCN(Cc2c(F)cccc2Cl)C1. The molecule has 0 spiro atoms. The molecule has 0 unspecified atom stereocenters. The highest BCUT2D eigenvalue weighted by molar-refractivity contribution is 6.31. The quantitative estimate of drug-likeness (QED) is 0.794. The Balaban J connectivity index is 2.11. The largest absolute Gasteiger partial charge is 0.298 e. The van der Waals surface area contributed by atoms with Gasteiger partial charge in [0, 0.05) is 23.6 Å². The van der Waals surface area contributed by atoms with Gasteiger partial charge in [0.2, 0.25) is 0 Å². The first-order chi connectivity index (χ1) is 7.66. The van der Waals surface area contributed by atoms with Crippen molar-refractivity contribution < 1.29 is 9.18 Å². The number of likely N-dealkylation sites (tertiary alicyclic amines) is 1. The summed E-state index contributed by atoms with van der Waals surface area (Å²) in [4.78, 5) is 13.2. The van der Waals surface area contributed by atoms with Gasteiger partial charge in [0.05, 0.1) is 6.54 Å². The number of ketones is 1.